The second kappa shape index (κ2) is 7.69. The van der Waals surface area contributed by atoms with Crippen LogP contribution in [-0.2, 0) is 13.0 Å². The maximum absolute atomic E-state index is 5.30. The molecule has 0 aliphatic heterocycles. The van der Waals surface area contributed by atoms with Gasteiger partial charge in [-0.25, -0.2) is 0 Å². The van der Waals surface area contributed by atoms with Gasteiger partial charge in [-0.05, 0) is 49.6 Å². The first-order valence-corrected chi connectivity index (χ1v) is 7.15. The Bertz CT molecular complexity index is 566. The highest BCUT2D eigenvalue weighted by molar-refractivity contribution is 5.42. The van der Waals surface area contributed by atoms with Gasteiger partial charge in [-0.2, -0.15) is 5.10 Å². The molecular weight excluding hydrogens is 266 g/mol. The van der Waals surface area contributed by atoms with Gasteiger partial charge in [-0.15, -0.1) is 0 Å². The Morgan fingerprint density at radius 3 is 2.67 bits per heavy atom. The van der Waals surface area contributed by atoms with E-state index in [0.29, 0.717) is 0 Å². The molecule has 2 aromatic rings. The highest BCUT2D eigenvalue weighted by atomic mass is 16.5. The van der Waals surface area contributed by atoms with Crippen LogP contribution in [0.3, 0.4) is 0 Å². The lowest BCUT2D eigenvalue weighted by atomic mass is 10.1. The third kappa shape index (κ3) is 4.23. The lowest BCUT2D eigenvalue weighted by Crippen LogP contribution is -2.15. The SMILES string of the molecule is COc1ccc(CNCCCc2cn[nH]c2C)cc1OC. The molecule has 0 amide bonds. The Morgan fingerprint density at radius 2 is 2.00 bits per heavy atom. The number of aromatic amines is 1. The molecule has 114 valence electrons. The fourth-order valence-electron chi connectivity index (χ4n) is 2.25. The summed E-state index contributed by atoms with van der Waals surface area (Å²) in [7, 11) is 3.30. The molecule has 21 heavy (non-hydrogen) atoms. The van der Waals surface area contributed by atoms with Crippen molar-refractivity contribution in [2.75, 3.05) is 20.8 Å². The van der Waals surface area contributed by atoms with Gasteiger partial charge in [-0.3, -0.25) is 5.10 Å². The Balaban J connectivity index is 1.74. The molecule has 0 spiro atoms. The molecular formula is C16H23N3O2. The van der Waals surface area contributed by atoms with Crippen LogP contribution < -0.4 is 14.8 Å². The maximum Gasteiger partial charge on any atom is 0.161 e. The number of rotatable bonds is 8. The lowest BCUT2D eigenvalue weighted by molar-refractivity contribution is 0.354. The van der Waals surface area contributed by atoms with Crippen molar-refractivity contribution in [1.29, 1.82) is 0 Å². The Morgan fingerprint density at radius 1 is 1.19 bits per heavy atom. The van der Waals surface area contributed by atoms with Crippen molar-refractivity contribution < 1.29 is 9.47 Å². The maximum atomic E-state index is 5.30. The van der Waals surface area contributed by atoms with Crippen molar-refractivity contribution in [3.05, 3.63) is 41.2 Å². The van der Waals surface area contributed by atoms with Gasteiger partial charge in [0.1, 0.15) is 0 Å². The number of aryl methyl sites for hydroxylation is 2. The molecule has 0 aliphatic rings. The minimum absolute atomic E-state index is 0.761. The predicted molar refractivity (Wildman–Crippen MR) is 82.9 cm³/mol. The quantitative estimate of drug-likeness (QED) is 0.733. The summed E-state index contributed by atoms with van der Waals surface area (Å²) in [5.41, 5.74) is 3.64. The van der Waals surface area contributed by atoms with Crippen LogP contribution in [0.15, 0.2) is 24.4 Å². The average Bonchev–Trinajstić information content (AvgIpc) is 2.92. The molecule has 0 atom stereocenters. The molecule has 0 saturated heterocycles. The minimum atomic E-state index is 0.761. The number of H-pyrrole nitrogens is 1. The topological polar surface area (TPSA) is 59.2 Å². The van der Waals surface area contributed by atoms with E-state index < -0.39 is 0 Å². The molecule has 5 heteroatoms. The number of aromatic nitrogens is 2. The Hall–Kier alpha value is -2.01. The fraction of sp³-hybridized carbons (Fsp3) is 0.438. The number of benzene rings is 1. The summed E-state index contributed by atoms with van der Waals surface area (Å²) in [6.07, 6.45) is 4.04. The first-order chi connectivity index (χ1) is 10.2. The normalized spacial score (nSPS) is 10.6. The molecule has 0 unspecified atom stereocenters. The van der Waals surface area contributed by atoms with E-state index in [1.165, 1.54) is 11.1 Å². The van der Waals surface area contributed by atoms with Gasteiger partial charge >= 0.3 is 0 Å². The summed E-state index contributed by atoms with van der Waals surface area (Å²) < 4.78 is 10.5. The third-order valence-electron chi connectivity index (χ3n) is 3.51. The number of nitrogens with one attached hydrogen (secondary N) is 2. The van der Waals surface area contributed by atoms with E-state index in [-0.39, 0.29) is 0 Å². The van der Waals surface area contributed by atoms with E-state index in [9.17, 15) is 0 Å². The second-order valence-corrected chi connectivity index (χ2v) is 4.99. The summed E-state index contributed by atoms with van der Waals surface area (Å²) in [6.45, 7) is 3.85. The molecule has 0 bridgehead atoms. The zero-order valence-electron chi connectivity index (χ0n) is 12.9. The molecule has 1 heterocycles. The van der Waals surface area contributed by atoms with Crippen LogP contribution in [0.4, 0.5) is 0 Å². The second-order valence-electron chi connectivity index (χ2n) is 4.99. The van der Waals surface area contributed by atoms with Crippen molar-refractivity contribution in [2.24, 2.45) is 0 Å². The van der Waals surface area contributed by atoms with Gasteiger partial charge in [0.05, 0.1) is 20.4 Å². The number of ether oxygens (including phenoxy) is 2. The molecule has 1 aromatic carbocycles. The van der Waals surface area contributed by atoms with Crippen molar-refractivity contribution in [3.63, 3.8) is 0 Å². The van der Waals surface area contributed by atoms with E-state index in [2.05, 4.69) is 28.5 Å². The molecule has 0 saturated carbocycles. The fourth-order valence-corrected chi connectivity index (χ4v) is 2.25. The summed E-state index contributed by atoms with van der Waals surface area (Å²) in [6, 6.07) is 5.99. The van der Waals surface area contributed by atoms with Crippen molar-refractivity contribution in [2.45, 2.75) is 26.3 Å². The third-order valence-corrected chi connectivity index (χ3v) is 3.51. The summed E-state index contributed by atoms with van der Waals surface area (Å²) in [5.74, 6) is 1.53. The monoisotopic (exact) mass is 289 g/mol. The molecule has 1 aromatic heterocycles. The molecule has 0 aliphatic carbocycles. The largest absolute Gasteiger partial charge is 0.493 e. The van der Waals surface area contributed by atoms with Gasteiger partial charge in [0.2, 0.25) is 0 Å². The zero-order valence-corrected chi connectivity index (χ0v) is 12.9. The van der Waals surface area contributed by atoms with Crippen LogP contribution in [0, 0.1) is 6.92 Å². The summed E-state index contributed by atoms with van der Waals surface area (Å²) >= 11 is 0. The van der Waals surface area contributed by atoms with Crippen molar-refractivity contribution in [3.8, 4) is 11.5 Å². The summed E-state index contributed by atoms with van der Waals surface area (Å²) in [5, 5.41) is 10.4. The van der Waals surface area contributed by atoms with E-state index in [1.807, 2.05) is 18.3 Å². The van der Waals surface area contributed by atoms with E-state index in [4.69, 9.17) is 9.47 Å². The zero-order chi connectivity index (χ0) is 15.1. The molecule has 0 radical (unpaired) electrons. The van der Waals surface area contributed by atoms with Gasteiger partial charge in [0, 0.05) is 12.2 Å². The smallest absolute Gasteiger partial charge is 0.161 e. The van der Waals surface area contributed by atoms with Crippen LogP contribution in [0.2, 0.25) is 0 Å². The van der Waals surface area contributed by atoms with Crippen LogP contribution in [0.25, 0.3) is 0 Å². The Labute approximate surface area is 125 Å². The number of nitrogens with zero attached hydrogens (tertiary/aromatic N) is 1. The van der Waals surface area contributed by atoms with Crippen LogP contribution in [0.1, 0.15) is 23.2 Å². The van der Waals surface area contributed by atoms with Crippen molar-refractivity contribution in [1.82, 2.24) is 15.5 Å². The van der Waals surface area contributed by atoms with E-state index in [1.54, 1.807) is 14.2 Å². The first kappa shape index (κ1) is 15.4. The number of hydrogen-bond acceptors (Lipinski definition) is 4. The van der Waals surface area contributed by atoms with E-state index in [0.717, 1.165) is 43.1 Å². The highest BCUT2D eigenvalue weighted by Crippen LogP contribution is 2.27. The van der Waals surface area contributed by atoms with Gasteiger partial charge in [-0.1, -0.05) is 6.07 Å². The van der Waals surface area contributed by atoms with E-state index >= 15 is 0 Å². The molecule has 2 N–H and O–H groups in total. The van der Waals surface area contributed by atoms with Crippen LogP contribution in [0.5, 0.6) is 11.5 Å². The lowest BCUT2D eigenvalue weighted by Gasteiger charge is -2.10. The minimum Gasteiger partial charge on any atom is -0.493 e. The molecule has 5 nitrogen and oxygen atoms in total. The number of hydrogen-bond donors (Lipinski definition) is 2. The van der Waals surface area contributed by atoms with Crippen molar-refractivity contribution >= 4 is 0 Å². The Kier molecular flexibility index (Phi) is 5.63. The highest BCUT2D eigenvalue weighted by Gasteiger charge is 2.04. The van der Waals surface area contributed by atoms with Crippen LogP contribution >= 0.6 is 0 Å². The van der Waals surface area contributed by atoms with Crippen LogP contribution in [-0.4, -0.2) is 31.0 Å². The number of methoxy groups -OCH3 is 2. The molecule has 0 fully saturated rings. The average molecular weight is 289 g/mol. The standard InChI is InChI=1S/C16H23N3O2/c1-12-14(11-18-19-12)5-4-8-17-10-13-6-7-15(20-2)16(9-13)21-3/h6-7,9,11,17H,4-5,8,10H2,1-3H3,(H,18,19). The van der Waals surface area contributed by atoms with Gasteiger partial charge in [0.15, 0.2) is 11.5 Å². The summed E-state index contributed by atoms with van der Waals surface area (Å²) in [4.78, 5) is 0. The molecule has 2 rings (SSSR count). The first-order valence-electron chi connectivity index (χ1n) is 7.15. The van der Waals surface area contributed by atoms with Gasteiger partial charge < -0.3 is 14.8 Å². The van der Waals surface area contributed by atoms with Gasteiger partial charge in [0.25, 0.3) is 0 Å². The predicted octanol–water partition coefficient (Wildman–Crippen LogP) is 2.46.